The van der Waals surface area contributed by atoms with E-state index in [0.717, 1.165) is 18.8 Å². The van der Waals surface area contributed by atoms with E-state index in [9.17, 15) is 9.18 Å². The zero-order valence-electron chi connectivity index (χ0n) is 11.4. The largest absolute Gasteiger partial charge is 0.339 e. The molecular formula is C15H20FNOS. The third-order valence-electron chi connectivity index (χ3n) is 4.05. The summed E-state index contributed by atoms with van der Waals surface area (Å²) < 4.78 is 13.2. The van der Waals surface area contributed by atoms with E-state index in [2.05, 4.69) is 19.6 Å². The Labute approximate surface area is 119 Å². The molecule has 19 heavy (non-hydrogen) atoms. The third-order valence-corrected chi connectivity index (χ3v) is 4.39. The minimum atomic E-state index is -0.394. The molecule has 1 fully saturated rings. The fourth-order valence-electron chi connectivity index (χ4n) is 2.64. The summed E-state index contributed by atoms with van der Waals surface area (Å²) in [5, 5.41) is 0. The van der Waals surface area contributed by atoms with Gasteiger partial charge in [-0.1, -0.05) is 6.92 Å². The number of carbonyl (C=O) groups excluding carboxylic acids is 1. The molecule has 0 saturated heterocycles. The molecule has 1 aromatic rings. The average Bonchev–Trinajstić information content (AvgIpc) is 2.41. The second kappa shape index (κ2) is 5.95. The number of amides is 1. The van der Waals surface area contributed by atoms with Gasteiger partial charge in [0.25, 0.3) is 5.91 Å². The van der Waals surface area contributed by atoms with Crippen molar-refractivity contribution >= 4 is 18.5 Å². The highest BCUT2D eigenvalue weighted by Gasteiger charge is 2.25. The van der Waals surface area contributed by atoms with Crippen LogP contribution in [-0.4, -0.2) is 23.9 Å². The monoisotopic (exact) mass is 281 g/mol. The van der Waals surface area contributed by atoms with Crippen molar-refractivity contribution in [2.75, 3.05) is 7.05 Å². The number of carbonyl (C=O) groups is 1. The molecule has 0 unspecified atom stereocenters. The Morgan fingerprint density at radius 1 is 1.32 bits per heavy atom. The fourth-order valence-corrected chi connectivity index (χ4v) is 2.86. The number of halogens is 1. The lowest BCUT2D eigenvalue weighted by atomic mass is 9.86. The summed E-state index contributed by atoms with van der Waals surface area (Å²) in [5.74, 6) is 0.318. The first-order chi connectivity index (χ1) is 8.99. The topological polar surface area (TPSA) is 20.3 Å². The number of thiol groups is 1. The SMILES string of the molecule is CC1CCC(N(C)C(=O)c2ccc(F)c(S)c2)CC1. The normalized spacial score (nSPS) is 23.2. The molecule has 4 heteroatoms. The van der Waals surface area contributed by atoms with Gasteiger partial charge < -0.3 is 4.90 Å². The molecule has 0 heterocycles. The van der Waals surface area contributed by atoms with E-state index < -0.39 is 5.82 Å². The van der Waals surface area contributed by atoms with E-state index in [4.69, 9.17) is 0 Å². The van der Waals surface area contributed by atoms with E-state index in [-0.39, 0.29) is 10.8 Å². The molecule has 2 nitrogen and oxygen atoms in total. The highest BCUT2D eigenvalue weighted by Crippen LogP contribution is 2.27. The first-order valence-corrected chi connectivity index (χ1v) is 7.19. The van der Waals surface area contributed by atoms with E-state index in [1.807, 2.05) is 7.05 Å². The zero-order chi connectivity index (χ0) is 14.0. The molecule has 1 aromatic carbocycles. The maximum atomic E-state index is 13.2. The molecule has 1 saturated carbocycles. The van der Waals surface area contributed by atoms with Crippen LogP contribution in [0.3, 0.4) is 0 Å². The van der Waals surface area contributed by atoms with Crippen LogP contribution in [0.4, 0.5) is 4.39 Å². The molecule has 0 aromatic heterocycles. The first kappa shape index (κ1) is 14.4. The van der Waals surface area contributed by atoms with Crippen molar-refractivity contribution in [3.63, 3.8) is 0 Å². The Kier molecular flexibility index (Phi) is 4.50. The van der Waals surface area contributed by atoms with Crippen LogP contribution in [0.5, 0.6) is 0 Å². The summed E-state index contributed by atoms with van der Waals surface area (Å²) in [6, 6.07) is 4.63. The van der Waals surface area contributed by atoms with Crippen molar-refractivity contribution in [3.8, 4) is 0 Å². The van der Waals surface area contributed by atoms with E-state index in [1.165, 1.54) is 31.0 Å². The molecule has 0 spiro atoms. The van der Waals surface area contributed by atoms with Crippen LogP contribution in [0.1, 0.15) is 43.0 Å². The molecular weight excluding hydrogens is 261 g/mol. The molecule has 0 N–H and O–H groups in total. The standard InChI is InChI=1S/C15H20FNOS/c1-10-3-6-12(7-4-10)17(2)15(18)11-5-8-13(16)14(19)9-11/h5,8-10,12,19H,3-4,6-7H2,1-2H3. The van der Waals surface area contributed by atoms with Crippen LogP contribution in [-0.2, 0) is 0 Å². The Bertz CT molecular complexity index is 469. The van der Waals surface area contributed by atoms with Gasteiger partial charge in [-0.05, 0) is 49.8 Å². The maximum absolute atomic E-state index is 13.2. The fraction of sp³-hybridized carbons (Fsp3) is 0.533. The summed E-state index contributed by atoms with van der Waals surface area (Å²) in [6.07, 6.45) is 4.45. The lowest BCUT2D eigenvalue weighted by Crippen LogP contribution is -2.39. The van der Waals surface area contributed by atoms with Gasteiger partial charge in [-0.2, -0.15) is 0 Å². The van der Waals surface area contributed by atoms with Gasteiger partial charge >= 0.3 is 0 Å². The molecule has 2 rings (SSSR count). The van der Waals surface area contributed by atoms with Gasteiger partial charge in [0.2, 0.25) is 0 Å². The van der Waals surface area contributed by atoms with Crippen molar-refractivity contribution in [2.45, 2.75) is 43.5 Å². The smallest absolute Gasteiger partial charge is 0.253 e. The molecule has 1 aliphatic rings. The van der Waals surface area contributed by atoms with Crippen LogP contribution in [0, 0.1) is 11.7 Å². The van der Waals surface area contributed by atoms with Gasteiger partial charge in [0.15, 0.2) is 0 Å². The molecule has 0 atom stereocenters. The second-order valence-electron chi connectivity index (χ2n) is 5.50. The highest BCUT2D eigenvalue weighted by molar-refractivity contribution is 7.80. The number of nitrogens with zero attached hydrogens (tertiary/aromatic N) is 1. The Hall–Kier alpha value is -1.03. The van der Waals surface area contributed by atoms with Gasteiger partial charge in [-0.25, -0.2) is 4.39 Å². The van der Waals surface area contributed by atoms with E-state index in [0.29, 0.717) is 11.6 Å². The number of hydrogen-bond donors (Lipinski definition) is 1. The molecule has 0 radical (unpaired) electrons. The van der Waals surface area contributed by atoms with Crippen LogP contribution < -0.4 is 0 Å². The van der Waals surface area contributed by atoms with Crippen LogP contribution >= 0.6 is 12.6 Å². The zero-order valence-corrected chi connectivity index (χ0v) is 12.3. The maximum Gasteiger partial charge on any atom is 0.253 e. The molecule has 1 amide bonds. The number of rotatable bonds is 2. The van der Waals surface area contributed by atoms with E-state index in [1.54, 1.807) is 4.90 Å². The lowest BCUT2D eigenvalue weighted by Gasteiger charge is -2.33. The van der Waals surface area contributed by atoms with Crippen LogP contribution in [0.15, 0.2) is 23.1 Å². The van der Waals surface area contributed by atoms with Gasteiger partial charge in [0, 0.05) is 23.5 Å². The minimum absolute atomic E-state index is 0.0464. The molecule has 104 valence electrons. The second-order valence-corrected chi connectivity index (χ2v) is 5.98. The van der Waals surface area contributed by atoms with Crippen molar-refractivity contribution in [2.24, 2.45) is 5.92 Å². The lowest BCUT2D eigenvalue weighted by molar-refractivity contribution is 0.0679. The Balaban J connectivity index is 2.08. The van der Waals surface area contributed by atoms with Gasteiger partial charge in [-0.15, -0.1) is 12.6 Å². The average molecular weight is 281 g/mol. The molecule has 0 aliphatic heterocycles. The number of benzene rings is 1. The van der Waals surface area contributed by atoms with Crippen molar-refractivity contribution < 1.29 is 9.18 Å². The number of hydrogen-bond acceptors (Lipinski definition) is 2. The van der Waals surface area contributed by atoms with Crippen molar-refractivity contribution in [3.05, 3.63) is 29.6 Å². The molecule has 0 bridgehead atoms. The van der Waals surface area contributed by atoms with Gasteiger partial charge in [-0.3, -0.25) is 4.79 Å². The molecule has 1 aliphatic carbocycles. The quantitative estimate of drug-likeness (QED) is 0.818. The minimum Gasteiger partial charge on any atom is -0.339 e. The van der Waals surface area contributed by atoms with Gasteiger partial charge in [0.1, 0.15) is 5.82 Å². The van der Waals surface area contributed by atoms with Crippen molar-refractivity contribution in [1.29, 1.82) is 0 Å². The Morgan fingerprint density at radius 2 is 1.95 bits per heavy atom. The van der Waals surface area contributed by atoms with Crippen LogP contribution in [0.25, 0.3) is 0 Å². The van der Waals surface area contributed by atoms with Gasteiger partial charge in [0.05, 0.1) is 0 Å². The summed E-state index contributed by atoms with van der Waals surface area (Å²) in [5.41, 5.74) is 0.507. The third kappa shape index (κ3) is 3.30. The van der Waals surface area contributed by atoms with Crippen LogP contribution in [0.2, 0.25) is 0 Å². The highest BCUT2D eigenvalue weighted by atomic mass is 32.1. The van der Waals surface area contributed by atoms with Crippen molar-refractivity contribution in [1.82, 2.24) is 4.90 Å². The summed E-state index contributed by atoms with van der Waals surface area (Å²) >= 11 is 4.02. The Morgan fingerprint density at radius 3 is 2.53 bits per heavy atom. The summed E-state index contributed by atoms with van der Waals surface area (Å²) in [7, 11) is 1.84. The predicted molar refractivity (Wildman–Crippen MR) is 77.2 cm³/mol. The first-order valence-electron chi connectivity index (χ1n) is 6.74. The summed E-state index contributed by atoms with van der Waals surface area (Å²) in [6.45, 7) is 2.26. The van der Waals surface area contributed by atoms with E-state index >= 15 is 0 Å². The predicted octanol–water partition coefficient (Wildman–Crippen LogP) is 3.77. The summed E-state index contributed by atoms with van der Waals surface area (Å²) in [4.78, 5) is 14.4.